The number of hydrogen-bond acceptors (Lipinski definition) is 6. The average Bonchev–Trinajstić information content (AvgIpc) is 2.71. The van der Waals surface area contributed by atoms with Gasteiger partial charge in [0.25, 0.3) is 0 Å². The van der Waals surface area contributed by atoms with E-state index in [9.17, 15) is 13.2 Å². The average molecular weight is 414 g/mol. The van der Waals surface area contributed by atoms with Gasteiger partial charge in [0.05, 0.1) is 34.3 Å². The van der Waals surface area contributed by atoms with Crippen LogP contribution < -0.4 is 0 Å². The monoisotopic (exact) mass is 414 g/mol. The quantitative estimate of drug-likeness (QED) is 0.698. The van der Waals surface area contributed by atoms with E-state index in [1.165, 1.54) is 28.6 Å². The van der Waals surface area contributed by atoms with Gasteiger partial charge in [0.15, 0.2) is 0 Å². The molecular weight excluding hydrogens is 392 g/mol. The number of morpholine rings is 1. The smallest absolute Gasteiger partial charge is 0.338 e. The molecule has 0 aromatic heterocycles. The van der Waals surface area contributed by atoms with Crippen LogP contribution in [-0.4, -0.2) is 44.0 Å². The number of benzene rings is 2. The largest absolute Gasteiger partial charge is 0.457 e. The topological polar surface area (TPSA) is 96.7 Å². The number of nitrogens with zero attached hydrogens (tertiary/aromatic N) is 2. The summed E-state index contributed by atoms with van der Waals surface area (Å²) in [6, 6.07) is 14.6. The van der Waals surface area contributed by atoms with Crippen molar-refractivity contribution < 1.29 is 22.7 Å². The highest BCUT2D eigenvalue weighted by Gasteiger charge is 2.32. The van der Waals surface area contributed by atoms with E-state index in [-0.39, 0.29) is 42.4 Å². The van der Waals surface area contributed by atoms with E-state index in [4.69, 9.17) is 14.7 Å². The molecule has 0 amide bonds. The zero-order valence-corrected chi connectivity index (χ0v) is 17.1. The first-order valence-corrected chi connectivity index (χ1v) is 10.7. The van der Waals surface area contributed by atoms with Gasteiger partial charge in [0, 0.05) is 13.1 Å². The second kappa shape index (κ2) is 8.74. The zero-order chi connectivity index (χ0) is 21.0. The number of nitriles is 1. The van der Waals surface area contributed by atoms with Gasteiger partial charge >= 0.3 is 5.97 Å². The maximum atomic E-state index is 13.0. The van der Waals surface area contributed by atoms with Crippen molar-refractivity contribution in [2.45, 2.75) is 37.6 Å². The molecule has 2 aromatic rings. The Morgan fingerprint density at radius 2 is 1.83 bits per heavy atom. The lowest BCUT2D eigenvalue weighted by Gasteiger charge is -2.34. The number of carbonyl (C=O) groups excluding carboxylic acids is 1. The molecule has 0 radical (unpaired) electrons. The van der Waals surface area contributed by atoms with Crippen molar-refractivity contribution in [1.29, 1.82) is 5.26 Å². The van der Waals surface area contributed by atoms with Crippen molar-refractivity contribution in [1.82, 2.24) is 4.31 Å². The SMILES string of the molecule is C[C@@H]1CN(S(=O)(=O)c2cccc(C(=O)OCc3ccc(C#N)cc3)c2)C[C@@H](C)O1. The third kappa shape index (κ3) is 5.01. The minimum absolute atomic E-state index is 0.0278. The van der Waals surface area contributed by atoms with Crippen molar-refractivity contribution >= 4 is 16.0 Å². The second-order valence-electron chi connectivity index (χ2n) is 6.99. The van der Waals surface area contributed by atoms with Crippen LogP contribution in [0.25, 0.3) is 0 Å². The summed E-state index contributed by atoms with van der Waals surface area (Å²) in [6.45, 7) is 4.21. The highest BCUT2D eigenvalue weighted by atomic mass is 32.2. The predicted molar refractivity (Wildman–Crippen MR) is 105 cm³/mol. The number of sulfonamides is 1. The molecule has 2 atom stereocenters. The van der Waals surface area contributed by atoms with E-state index in [2.05, 4.69) is 0 Å². The van der Waals surface area contributed by atoms with Crippen molar-refractivity contribution in [3.63, 3.8) is 0 Å². The number of rotatable bonds is 5. The van der Waals surface area contributed by atoms with Gasteiger partial charge in [-0.1, -0.05) is 18.2 Å². The molecule has 0 N–H and O–H groups in total. The molecule has 8 heteroatoms. The Morgan fingerprint density at radius 3 is 2.45 bits per heavy atom. The summed E-state index contributed by atoms with van der Waals surface area (Å²) >= 11 is 0. The first-order valence-electron chi connectivity index (χ1n) is 9.21. The fourth-order valence-corrected chi connectivity index (χ4v) is 4.80. The molecule has 1 fully saturated rings. The molecule has 2 aromatic carbocycles. The molecule has 1 aliphatic heterocycles. The van der Waals surface area contributed by atoms with Crippen LogP contribution in [0.15, 0.2) is 53.4 Å². The van der Waals surface area contributed by atoms with Gasteiger partial charge in [-0.25, -0.2) is 13.2 Å². The summed E-state index contributed by atoms with van der Waals surface area (Å²) < 4.78 is 38.2. The fraction of sp³-hybridized carbons (Fsp3) is 0.333. The third-order valence-corrected chi connectivity index (χ3v) is 6.37. The number of hydrogen-bond donors (Lipinski definition) is 0. The lowest BCUT2D eigenvalue weighted by atomic mass is 10.1. The van der Waals surface area contributed by atoms with Gasteiger partial charge in [-0.2, -0.15) is 9.57 Å². The minimum Gasteiger partial charge on any atom is -0.457 e. The molecule has 1 saturated heterocycles. The van der Waals surface area contributed by atoms with Gasteiger partial charge in [-0.15, -0.1) is 0 Å². The first kappa shape index (κ1) is 21.0. The molecule has 29 heavy (non-hydrogen) atoms. The number of esters is 1. The summed E-state index contributed by atoms with van der Waals surface area (Å²) in [7, 11) is -3.74. The van der Waals surface area contributed by atoms with Crippen molar-refractivity contribution in [2.75, 3.05) is 13.1 Å². The standard InChI is InChI=1S/C21H22N2O5S/c1-15-12-23(13-16(2)28-15)29(25,26)20-5-3-4-19(10-20)21(24)27-14-18-8-6-17(11-22)7-9-18/h3-10,15-16H,12-14H2,1-2H3/t15-,16-/m1/s1. The first-order chi connectivity index (χ1) is 13.8. The Bertz CT molecular complexity index is 1020. The van der Waals surface area contributed by atoms with Gasteiger partial charge in [0.2, 0.25) is 10.0 Å². The Morgan fingerprint density at radius 1 is 1.17 bits per heavy atom. The van der Waals surface area contributed by atoms with E-state index in [1.54, 1.807) is 24.3 Å². The molecule has 0 spiro atoms. The Hall–Kier alpha value is -2.73. The summed E-state index contributed by atoms with van der Waals surface area (Å²) in [5.74, 6) is -0.616. The van der Waals surface area contributed by atoms with E-state index in [0.29, 0.717) is 5.56 Å². The van der Waals surface area contributed by atoms with Crippen LogP contribution in [0, 0.1) is 11.3 Å². The summed E-state index contributed by atoms with van der Waals surface area (Å²) in [6.07, 6.45) is -0.400. The lowest BCUT2D eigenvalue weighted by molar-refractivity contribution is -0.0440. The molecule has 0 aliphatic carbocycles. The van der Waals surface area contributed by atoms with Crippen LogP contribution in [0.2, 0.25) is 0 Å². The molecule has 0 unspecified atom stereocenters. The molecule has 0 bridgehead atoms. The highest BCUT2D eigenvalue weighted by Crippen LogP contribution is 2.22. The Balaban J connectivity index is 1.72. The number of ether oxygens (including phenoxy) is 2. The molecule has 0 saturated carbocycles. The van der Waals surface area contributed by atoms with Crippen LogP contribution in [-0.2, 0) is 26.1 Å². The van der Waals surface area contributed by atoms with Crippen LogP contribution in [0.3, 0.4) is 0 Å². The molecule has 1 aliphatic rings. The molecular formula is C21H22N2O5S. The zero-order valence-electron chi connectivity index (χ0n) is 16.2. The van der Waals surface area contributed by atoms with E-state index >= 15 is 0 Å². The molecule has 152 valence electrons. The van der Waals surface area contributed by atoms with E-state index < -0.39 is 16.0 Å². The summed E-state index contributed by atoms with van der Waals surface area (Å²) in [4.78, 5) is 12.4. The van der Waals surface area contributed by atoms with Crippen LogP contribution in [0.1, 0.15) is 35.3 Å². The predicted octanol–water partition coefficient (Wildman–Crippen LogP) is 2.71. The van der Waals surface area contributed by atoms with Gasteiger partial charge in [-0.05, 0) is 49.7 Å². The van der Waals surface area contributed by atoms with Crippen LogP contribution >= 0.6 is 0 Å². The van der Waals surface area contributed by atoms with Gasteiger partial charge < -0.3 is 9.47 Å². The minimum atomic E-state index is -3.74. The Labute approximate surface area is 170 Å². The van der Waals surface area contributed by atoms with E-state index in [1.807, 2.05) is 19.9 Å². The highest BCUT2D eigenvalue weighted by molar-refractivity contribution is 7.89. The summed E-state index contributed by atoms with van der Waals surface area (Å²) in [5.41, 5.74) is 1.41. The van der Waals surface area contributed by atoms with E-state index in [0.717, 1.165) is 5.56 Å². The van der Waals surface area contributed by atoms with Crippen LogP contribution in [0.4, 0.5) is 0 Å². The van der Waals surface area contributed by atoms with Crippen molar-refractivity contribution in [3.05, 3.63) is 65.2 Å². The molecule has 7 nitrogen and oxygen atoms in total. The second-order valence-corrected chi connectivity index (χ2v) is 8.93. The molecule has 3 rings (SSSR count). The van der Waals surface area contributed by atoms with Crippen molar-refractivity contribution in [3.8, 4) is 6.07 Å². The van der Waals surface area contributed by atoms with Gasteiger partial charge in [0.1, 0.15) is 6.61 Å². The summed E-state index contributed by atoms with van der Waals surface area (Å²) in [5, 5.41) is 8.82. The van der Waals surface area contributed by atoms with Gasteiger partial charge in [-0.3, -0.25) is 0 Å². The maximum absolute atomic E-state index is 13.0. The van der Waals surface area contributed by atoms with Crippen molar-refractivity contribution in [2.24, 2.45) is 0 Å². The Kier molecular flexibility index (Phi) is 6.33. The number of carbonyl (C=O) groups is 1. The molecule has 1 heterocycles. The van der Waals surface area contributed by atoms with Crippen LogP contribution in [0.5, 0.6) is 0 Å². The maximum Gasteiger partial charge on any atom is 0.338 e. The third-order valence-electron chi connectivity index (χ3n) is 4.55. The lowest BCUT2D eigenvalue weighted by Crippen LogP contribution is -2.48. The fourth-order valence-electron chi connectivity index (χ4n) is 3.17. The normalized spacial score (nSPS) is 20.0.